The molecule has 142 valence electrons. The number of rotatable bonds is 10. The molecule has 1 N–H and O–H groups in total. The summed E-state index contributed by atoms with van der Waals surface area (Å²) < 4.78 is 9.76. The molecule has 9 heteroatoms. The molecule has 0 aromatic heterocycles. The van der Waals surface area contributed by atoms with E-state index in [1.54, 1.807) is 26.0 Å². The third-order valence-corrected chi connectivity index (χ3v) is 3.44. The summed E-state index contributed by atoms with van der Waals surface area (Å²) in [5.41, 5.74) is 0.805. The summed E-state index contributed by atoms with van der Waals surface area (Å²) >= 11 is 0. The van der Waals surface area contributed by atoms with Crippen molar-refractivity contribution in [2.75, 3.05) is 25.3 Å². The first-order chi connectivity index (χ1) is 12.4. The number of carbonyl (C=O) groups excluding carboxylic acids is 3. The number of nitroso groups, excluding NO2 is 1. The van der Waals surface area contributed by atoms with Gasteiger partial charge in [-0.1, -0.05) is 0 Å². The number of ether oxygens (including phenoxy) is 2. The molecule has 0 aliphatic rings. The van der Waals surface area contributed by atoms with Crippen LogP contribution in [0.25, 0.3) is 0 Å². The van der Waals surface area contributed by atoms with Gasteiger partial charge < -0.3 is 14.8 Å². The molecule has 0 heterocycles. The highest BCUT2D eigenvalue weighted by Gasteiger charge is 2.24. The van der Waals surface area contributed by atoms with Crippen LogP contribution in [0, 0.1) is 4.91 Å². The standard InChI is InChI=1S/C17H23N3O6/c1-4-25-15(21)11-10-14(17(23)26-5-2)18-16(22)12-6-8-13(9-7-12)20(3)19-24/h6-9,14H,4-5,10-11H2,1-3H3,(H,18,22)/t14-/m1/s1. The highest BCUT2D eigenvalue weighted by Crippen LogP contribution is 2.14. The lowest BCUT2D eigenvalue weighted by atomic mass is 10.1. The zero-order valence-electron chi connectivity index (χ0n) is 15.1. The number of amides is 1. The summed E-state index contributed by atoms with van der Waals surface area (Å²) in [7, 11) is 1.48. The highest BCUT2D eigenvalue weighted by atomic mass is 16.5. The van der Waals surface area contributed by atoms with Crippen molar-refractivity contribution in [2.24, 2.45) is 5.29 Å². The molecule has 0 aliphatic carbocycles. The molecule has 0 saturated carbocycles. The maximum absolute atomic E-state index is 12.4. The van der Waals surface area contributed by atoms with Crippen LogP contribution in [-0.4, -0.2) is 44.1 Å². The van der Waals surface area contributed by atoms with E-state index < -0.39 is 23.9 Å². The van der Waals surface area contributed by atoms with Gasteiger partial charge in [0.2, 0.25) is 0 Å². The zero-order valence-corrected chi connectivity index (χ0v) is 15.1. The number of hydrogen-bond donors (Lipinski definition) is 1. The Morgan fingerprint density at radius 1 is 1.12 bits per heavy atom. The molecule has 1 aromatic rings. The lowest BCUT2D eigenvalue weighted by Gasteiger charge is -2.17. The predicted octanol–water partition coefficient (Wildman–Crippen LogP) is 1.81. The van der Waals surface area contributed by atoms with Gasteiger partial charge in [0.25, 0.3) is 5.91 Å². The van der Waals surface area contributed by atoms with Crippen molar-refractivity contribution in [3.05, 3.63) is 34.7 Å². The third kappa shape index (κ3) is 6.50. The van der Waals surface area contributed by atoms with Crippen LogP contribution in [0.15, 0.2) is 29.6 Å². The first kappa shape index (κ1) is 21.1. The van der Waals surface area contributed by atoms with Gasteiger partial charge in [0.15, 0.2) is 0 Å². The molecule has 0 unspecified atom stereocenters. The van der Waals surface area contributed by atoms with Gasteiger partial charge in [-0.2, -0.15) is 0 Å². The summed E-state index contributed by atoms with van der Waals surface area (Å²) in [6.07, 6.45) is 0.0472. The smallest absolute Gasteiger partial charge is 0.328 e. The van der Waals surface area contributed by atoms with E-state index in [0.29, 0.717) is 11.3 Å². The van der Waals surface area contributed by atoms with Crippen molar-refractivity contribution in [1.82, 2.24) is 5.32 Å². The molecular formula is C17H23N3O6. The molecule has 1 aromatic carbocycles. The highest BCUT2D eigenvalue weighted by molar-refractivity contribution is 5.97. The number of nitrogens with one attached hydrogen (secondary N) is 1. The molecule has 1 rings (SSSR count). The number of benzene rings is 1. The fourth-order valence-corrected chi connectivity index (χ4v) is 2.10. The van der Waals surface area contributed by atoms with Crippen LogP contribution in [0.1, 0.15) is 37.0 Å². The second-order valence-corrected chi connectivity index (χ2v) is 5.27. The molecular weight excluding hydrogens is 342 g/mol. The number of nitrogens with zero attached hydrogens (tertiary/aromatic N) is 2. The SMILES string of the molecule is CCOC(=O)CC[C@@H](NC(=O)c1ccc(N(C)N=O)cc1)C(=O)OCC. The van der Waals surface area contributed by atoms with Gasteiger partial charge in [0, 0.05) is 19.0 Å². The Morgan fingerprint density at radius 3 is 2.27 bits per heavy atom. The van der Waals surface area contributed by atoms with Crippen molar-refractivity contribution in [3.63, 3.8) is 0 Å². The fourth-order valence-electron chi connectivity index (χ4n) is 2.10. The molecule has 1 atom stereocenters. The molecule has 0 aliphatic heterocycles. The third-order valence-electron chi connectivity index (χ3n) is 3.44. The van der Waals surface area contributed by atoms with Crippen LogP contribution in [0.4, 0.5) is 5.69 Å². The number of carbonyl (C=O) groups is 3. The second-order valence-electron chi connectivity index (χ2n) is 5.27. The normalized spacial score (nSPS) is 11.2. The topological polar surface area (TPSA) is 114 Å². The first-order valence-corrected chi connectivity index (χ1v) is 8.23. The van der Waals surface area contributed by atoms with Crippen LogP contribution in [-0.2, 0) is 19.1 Å². The summed E-state index contributed by atoms with van der Waals surface area (Å²) in [6.45, 7) is 3.73. The van der Waals surface area contributed by atoms with Gasteiger partial charge in [0.1, 0.15) is 6.04 Å². The van der Waals surface area contributed by atoms with E-state index in [0.717, 1.165) is 5.01 Å². The fraction of sp³-hybridized carbons (Fsp3) is 0.471. The Balaban J connectivity index is 2.78. The molecule has 0 bridgehead atoms. The zero-order chi connectivity index (χ0) is 19.5. The maximum Gasteiger partial charge on any atom is 0.328 e. The first-order valence-electron chi connectivity index (χ1n) is 8.23. The minimum Gasteiger partial charge on any atom is -0.466 e. The molecule has 0 spiro atoms. The number of anilines is 1. The van der Waals surface area contributed by atoms with E-state index in [2.05, 4.69) is 10.6 Å². The Kier molecular flexibility index (Phi) is 8.76. The molecule has 0 saturated heterocycles. The van der Waals surface area contributed by atoms with Crippen molar-refractivity contribution in [1.29, 1.82) is 0 Å². The van der Waals surface area contributed by atoms with Crippen LogP contribution in [0.5, 0.6) is 0 Å². The second kappa shape index (κ2) is 10.8. The van der Waals surface area contributed by atoms with Gasteiger partial charge in [0.05, 0.1) is 24.2 Å². The lowest BCUT2D eigenvalue weighted by molar-refractivity contribution is -0.146. The van der Waals surface area contributed by atoms with Gasteiger partial charge in [-0.05, 0) is 44.5 Å². The van der Waals surface area contributed by atoms with Crippen molar-refractivity contribution >= 4 is 23.5 Å². The van der Waals surface area contributed by atoms with Crippen molar-refractivity contribution < 1.29 is 23.9 Å². The Morgan fingerprint density at radius 2 is 1.73 bits per heavy atom. The molecule has 0 radical (unpaired) electrons. The summed E-state index contributed by atoms with van der Waals surface area (Å²) in [5, 5.41) is 6.43. The van der Waals surface area contributed by atoms with Crippen molar-refractivity contribution in [2.45, 2.75) is 32.7 Å². The Labute approximate surface area is 151 Å². The number of hydrogen-bond acceptors (Lipinski definition) is 7. The van der Waals surface area contributed by atoms with Crippen molar-refractivity contribution in [3.8, 4) is 0 Å². The Hall–Kier alpha value is -2.97. The van der Waals surface area contributed by atoms with E-state index in [4.69, 9.17) is 9.47 Å². The monoisotopic (exact) mass is 365 g/mol. The van der Waals surface area contributed by atoms with Gasteiger partial charge in [-0.25, -0.2) is 9.80 Å². The summed E-state index contributed by atoms with van der Waals surface area (Å²) in [4.78, 5) is 46.3. The largest absolute Gasteiger partial charge is 0.466 e. The predicted molar refractivity (Wildman–Crippen MR) is 94.4 cm³/mol. The van der Waals surface area contributed by atoms with Gasteiger partial charge in [-0.3, -0.25) is 9.59 Å². The molecule has 0 fully saturated rings. The van der Waals surface area contributed by atoms with Crippen LogP contribution < -0.4 is 10.3 Å². The van der Waals surface area contributed by atoms with Gasteiger partial charge >= 0.3 is 11.9 Å². The van der Waals surface area contributed by atoms with Gasteiger partial charge in [-0.15, -0.1) is 4.91 Å². The van der Waals surface area contributed by atoms with E-state index in [1.807, 2.05) is 0 Å². The number of esters is 2. The Bertz CT molecular complexity index is 632. The van der Waals surface area contributed by atoms with Crippen LogP contribution in [0.3, 0.4) is 0 Å². The van der Waals surface area contributed by atoms with E-state index >= 15 is 0 Å². The minimum atomic E-state index is -0.967. The average Bonchev–Trinajstić information content (AvgIpc) is 2.64. The van der Waals surface area contributed by atoms with E-state index in [-0.39, 0.29) is 26.1 Å². The van der Waals surface area contributed by atoms with Crippen LogP contribution >= 0.6 is 0 Å². The molecule has 9 nitrogen and oxygen atoms in total. The summed E-state index contributed by atoms with van der Waals surface area (Å²) in [5.74, 6) is -1.57. The molecule has 1 amide bonds. The quantitative estimate of drug-likeness (QED) is 0.382. The summed E-state index contributed by atoms with van der Waals surface area (Å²) in [6, 6.07) is 5.13. The average molecular weight is 365 g/mol. The lowest BCUT2D eigenvalue weighted by Crippen LogP contribution is -2.42. The van der Waals surface area contributed by atoms with Crippen LogP contribution in [0.2, 0.25) is 0 Å². The molecule has 26 heavy (non-hydrogen) atoms. The van der Waals surface area contributed by atoms with E-state index in [1.165, 1.54) is 19.2 Å². The maximum atomic E-state index is 12.4. The van der Waals surface area contributed by atoms with E-state index in [9.17, 15) is 19.3 Å². The minimum absolute atomic E-state index is 0.0215.